The fourth-order valence-corrected chi connectivity index (χ4v) is 7.35. The molecule has 6 heteroatoms. The third-order valence-corrected chi connectivity index (χ3v) is 9.30. The van der Waals surface area contributed by atoms with Crippen LogP contribution in [0.5, 0.6) is 0 Å². The average Bonchev–Trinajstić information content (AvgIpc) is 3.03. The van der Waals surface area contributed by atoms with Crippen molar-refractivity contribution in [3.8, 4) is 0 Å². The van der Waals surface area contributed by atoms with Crippen molar-refractivity contribution in [2.45, 2.75) is 100 Å². The molecule has 0 radical (unpaired) electrons. The minimum Gasteiger partial charge on any atom is -0.352 e. The third kappa shape index (κ3) is 3.99. The molecule has 5 rings (SSSR count). The van der Waals surface area contributed by atoms with Gasteiger partial charge in [-0.3, -0.25) is 14.5 Å². The summed E-state index contributed by atoms with van der Waals surface area (Å²) in [6, 6.07) is 8.74. The maximum Gasteiger partial charge on any atom is 0.252 e. The van der Waals surface area contributed by atoms with E-state index in [0.29, 0.717) is 6.04 Å². The molecule has 1 aromatic rings. The van der Waals surface area contributed by atoms with Crippen LogP contribution in [0.15, 0.2) is 24.3 Å². The Morgan fingerprint density at radius 3 is 2.42 bits per heavy atom. The van der Waals surface area contributed by atoms with Crippen molar-refractivity contribution in [3.63, 3.8) is 0 Å². The quantitative estimate of drug-likeness (QED) is 0.596. The largest absolute Gasteiger partial charge is 0.352 e. The number of halogens is 1. The van der Waals surface area contributed by atoms with Crippen molar-refractivity contribution in [1.82, 2.24) is 10.2 Å². The predicted octanol–water partition coefficient (Wildman–Crippen LogP) is 4.96. The van der Waals surface area contributed by atoms with Crippen LogP contribution in [0.4, 0.5) is 5.69 Å². The number of carbonyl (C=O) groups is 2. The SMILES string of the molecule is CN1C(=O)C(C2CCCCC2Cl)(N(CC(=O)NC2CCC2)C2CCCCC2)c2ccccc21. The van der Waals surface area contributed by atoms with Gasteiger partial charge in [-0.1, -0.05) is 50.3 Å². The number of amides is 2. The molecule has 3 saturated carbocycles. The monoisotopic (exact) mass is 471 g/mol. The van der Waals surface area contributed by atoms with Crippen LogP contribution < -0.4 is 10.2 Å². The van der Waals surface area contributed by atoms with Crippen LogP contribution in [0.25, 0.3) is 0 Å². The fraction of sp³-hybridized carbons (Fsp3) is 0.704. The molecule has 3 atom stereocenters. The van der Waals surface area contributed by atoms with E-state index >= 15 is 0 Å². The van der Waals surface area contributed by atoms with Gasteiger partial charge in [0.25, 0.3) is 5.91 Å². The number of fused-ring (bicyclic) bond motifs is 1. The molecule has 0 bridgehead atoms. The molecular weight excluding hydrogens is 434 g/mol. The van der Waals surface area contributed by atoms with E-state index in [9.17, 15) is 9.59 Å². The number of nitrogens with zero attached hydrogens (tertiary/aromatic N) is 2. The molecule has 4 aliphatic rings. The van der Waals surface area contributed by atoms with Crippen LogP contribution in [0.1, 0.15) is 82.6 Å². The number of anilines is 1. The standard InChI is InChI=1S/C27H38ClN3O2/c1-30-24-17-8-6-15-22(24)27(26(30)33,21-14-5-7-16-23(21)28)31(20-12-3-2-4-13-20)18-25(32)29-19-10-9-11-19/h6,8,15,17,19-21,23H,2-5,7,9-14,16,18H2,1H3,(H,29,32). The van der Waals surface area contributed by atoms with Gasteiger partial charge in [0.05, 0.1) is 6.54 Å². The van der Waals surface area contributed by atoms with Gasteiger partial charge in [0, 0.05) is 41.7 Å². The van der Waals surface area contributed by atoms with Crippen molar-refractivity contribution in [2.75, 3.05) is 18.5 Å². The van der Waals surface area contributed by atoms with Crippen molar-refractivity contribution < 1.29 is 9.59 Å². The van der Waals surface area contributed by atoms with Gasteiger partial charge in [0.15, 0.2) is 0 Å². The summed E-state index contributed by atoms with van der Waals surface area (Å²) in [7, 11) is 1.89. The molecule has 2 amide bonds. The van der Waals surface area contributed by atoms with E-state index in [0.717, 1.165) is 75.5 Å². The summed E-state index contributed by atoms with van der Waals surface area (Å²) < 4.78 is 0. The van der Waals surface area contributed by atoms with Crippen LogP contribution in [0, 0.1) is 5.92 Å². The van der Waals surface area contributed by atoms with Crippen molar-refractivity contribution in [3.05, 3.63) is 29.8 Å². The Morgan fingerprint density at radius 1 is 1.03 bits per heavy atom. The van der Waals surface area contributed by atoms with Gasteiger partial charge in [-0.25, -0.2) is 0 Å². The first-order chi connectivity index (χ1) is 16.0. The van der Waals surface area contributed by atoms with E-state index < -0.39 is 5.54 Å². The Bertz CT molecular complexity index is 882. The van der Waals surface area contributed by atoms with Gasteiger partial charge in [0.1, 0.15) is 5.54 Å². The fourth-order valence-electron chi connectivity index (χ4n) is 6.89. The minimum absolute atomic E-state index is 0.00458. The number of benzene rings is 1. The summed E-state index contributed by atoms with van der Waals surface area (Å²) in [6.45, 7) is 0.273. The van der Waals surface area contributed by atoms with Gasteiger partial charge in [0.2, 0.25) is 5.91 Å². The Kier molecular flexibility index (Phi) is 6.72. The van der Waals surface area contributed by atoms with Crippen LogP contribution >= 0.6 is 11.6 Å². The lowest BCUT2D eigenvalue weighted by Gasteiger charge is -2.51. The molecule has 1 aliphatic heterocycles. The van der Waals surface area contributed by atoms with E-state index in [4.69, 9.17) is 11.6 Å². The van der Waals surface area contributed by atoms with Crippen molar-refractivity contribution >= 4 is 29.1 Å². The maximum absolute atomic E-state index is 14.4. The smallest absolute Gasteiger partial charge is 0.252 e. The highest BCUT2D eigenvalue weighted by atomic mass is 35.5. The highest BCUT2D eigenvalue weighted by molar-refractivity contribution is 6.21. The topological polar surface area (TPSA) is 52.7 Å². The second kappa shape index (κ2) is 9.58. The number of nitrogens with one attached hydrogen (secondary N) is 1. The molecule has 0 spiro atoms. The lowest BCUT2D eigenvalue weighted by atomic mass is 9.69. The Labute approximate surface area is 203 Å². The first-order valence-electron chi connectivity index (χ1n) is 13.1. The molecule has 1 aromatic carbocycles. The van der Waals surface area contributed by atoms with E-state index in [-0.39, 0.29) is 35.7 Å². The zero-order chi connectivity index (χ0) is 23.0. The molecule has 5 nitrogen and oxygen atoms in total. The normalized spacial score (nSPS) is 30.9. The summed E-state index contributed by atoms with van der Waals surface area (Å²) in [4.78, 5) is 31.9. The molecule has 3 unspecified atom stereocenters. The van der Waals surface area contributed by atoms with E-state index in [1.54, 1.807) is 0 Å². The number of alkyl halides is 1. The molecule has 1 heterocycles. The summed E-state index contributed by atoms with van der Waals surface area (Å²) in [5.41, 5.74) is 1.16. The molecule has 0 aromatic heterocycles. The molecule has 3 aliphatic carbocycles. The molecule has 33 heavy (non-hydrogen) atoms. The molecule has 1 N–H and O–H groups in total. The lowest BCUT2D eigenvalue weighted by Crippen LogP contribution is -2.64. The first kappa shape index (κ1) is 23.2. The third-order valence-electron chi connectivity index (χ3n) is 8.78. The highest BCUT2D eigenvalue weighted by Crippen LogP contribution is 2.54. The van der Waals surface area contributed by atoms with Crippen molar-refractivity contribution in [2.24, 2.45) is 5.92 Å². The van der Waals surface area contributed by atoms with Gasteiger partial charge in [-0.05, 0) is 51.0 Å². The van der Waals surface area contributed by atoms with Gasteiger partial charge < -0.3 is 10.2 Å². The summed E-state index contributed by atoms with van der Waals surface area (Å²) >= 11 is 7.07. The average molecular weight is 472 g/mol. The molecule has 3 fully saturated rings. The Balaban J connectivity index is 1.61. The van der Waals surface area contributed by atoms with E-state index in [2.05, 4.69) is 22.3 Å². The second-order valence-electron chi connectivity index (χ2n) is 10.7. The number of likely N-dealkylation sites (N-methyl/N-ethyl adjacent to an activating group) is 1. The van der Waals surface area contributed by atoms with Crippen LogP contribution in [0.3, 0.4) is 0 Å². The summed E-state index contributed by atoms with van der Waals surface area (Å²) in [5, 5.41) is 3.19. The number of carbonyl (C=O) groups excluding carboxylic acids is 2. The van der Waals surface area contributed by atoms with Gasteiger partial charge >= 0.3 is 0 Å². The zero-order valence-electron chi connectivity index (χ0n) is 19.9. The maximum atomic E-state index is 14.4. The molecule has 0 saturated heterocycles. The molecular formula is C27H38ClN3O2. The first-order valence-corrected chi connectivity index (χ1v) is 13.5. The highest BCUT2D eigenvalue weighted by Gasteiger charge is 2.61. The van der Waals surface area contributed by atoms with E-state index in [1.807, 2.05) is 24.1 Å². The van der Waals surface area contributed by atoms with Crippen LogP contribution in [0.2, 0.25) is 0 Å². The summed E-state index contributed by atoms with van der Waals surface area (Å²) in [5.74, 6) is 0.166. The lowest BCUT2D eigenvalue weighted by molar-refractivity contribution is -0.142. The molecule has 180 valence electrons. The van der Waals surface area contributed by atoms with Gasteiger partial charge in [-0.2, -0.15) is 0 Å². The van der Waals surface area contributed by atoms with E-state index in [1.165, 1.54) is 12.8 Å². The number of hydrogen-bond acceptors (Lipinski definition) is 3. The number of para-hydroxylation sites is 1. The zero-order valence-corrected chi connectivity index (χ0v) is 20.7. The number of rotatable bonds is 6. The second-order valence-corrected chi connectivity index (χ2v) is 11.2. The van der Waals surface area contributed by atoms with Crippen LogP contribution in [-0.2, 0) is 15.1 Å². The number of hydrogen-bond donors (Lipinski definition) is 1. The Morgan fingerprint density at radius 2 is 1.73 bits per heavy atom. The van der Waals surface area contributed by atoms with Crippen LogP contribution in [-0.4, -0.2) is 47.8 Å². The Hall–Kier alpha value is -1.59. The minimum atomic E-state index is -0.864. The summed E-state index contributed by atoms with van der Waals surface area (Å²) in [6.07, 6.45) is 13.0. The van der Waals surface area contributed by atoms with Gasteiger partial charge in [-0.15, -0.1) is 11.6 Å². The van der Waals surface area contributed by atoms with Crippen molar-refractivity contribution in [1.29, 1.82) is 0 Å². The predicted molar refractivity (Wildman–Crippen MR) is 132 cm³/mol.